The van der Waals surface area contributed by atoms with Crippen LogP contribution in [0.3, 0.4) is 0 Å². The summed E-state index contributed by atoms with van der Waals surface area (Å²) < 4.78 is 3.22. The Morgan fingerprint density at radius 1 is 1.14 bits per heavy atom. The van der Waals surface area contributed by atoms with Gasteiger partial charge in [0.2, 0.25) is 5.91 Å². The van der Waals surface area contributed by atoms with Crippen LogP contribution in [0.1, 0.15) is 22.6 Å². The lowest BCUT2D eigenvalue weighted by atomic mass is 10.1. The van der Waals surface area contributed by atoms with Crippen molar-refractivity contribution in [2.45, 2.75) is 26.8 Å². The lowest BCUT2D eigenvalue weighted by Gasteiger charge is -2.08. The maximum atomic E-state index is 13.6. The summed E-state index contributed by atoms with van der Waals surface area (Å²) in [6.07, 6.45) is 3.41. The van der Waals surface area contributed by atoms with Gasteiger partial charge in [0.15, 0.2) is 4.96 Å². The molecule has 1 N–H and O–H groups in total. The van der Waals surface area contributed by atoms with Gasteiger partial charge in [-0.1, -0.05) is 23.7 Å². The van der Waals surface area contributed by atoms with Gasteiger partial charge in [-0.3, -0.25) is 19.0 Å². The van der Waals surface area contributed by atoms with E-state index in [1.165, 1.54) is 15.7 Å². The van der Waals surface area contributed by atoms with E-state index in [0.29, 0.717) is 39.2 Å². The molecule has 4 aromatic heterocycles. The summed E-state index contributed by atoms with van der Waals surface area (Å²) in [7, 11) is 0. The predicted octanol–water partition coefficient (Wildman–Crippen LogP) is 4.13. The number of benzene rings is 1. The maximum absolute atomic E-state index is 13.6. The number of carbonyl (C=O) groups excluding carboxylic acids is 1. The summed E-state index contributed by atoms with van der Waals surface area (Å²) in [5.74, 6) is -0.186. The molecular weight excluding hydrogens is 484 g/mol. The minimum Gasteiger partial charge on any atom is -0.352 e. The highest BCUT2D eigenvalue weighted by atomic mass is 35.5. The monoisotopic (exact) mass is 504 g/mol. The Hall–Kier alpha value is -3.82. The number of carbonyl (C=O) groups is 1. The minimum absolute atomic E-state index is 0.0578. The zero-order valence-electron chi connectivity index (χ0n) is 19.0. The van der Waals surface area contributed by atoms with Crippen molar-refractivity contribution in [3.8, 4) is 16.9 Å². The first-order valence-corrected chi connectivity index (χ1v) is 12.2. The van der Waals surface area contributed by atoms with E-state index in [-0.39, 0.29) is 17.9 Å². The topological polar surface area (TPSA) is 94.2 Å². The number of pyridine rings is 1. The lowest BCUT2D eigenvalue weighted by Crippen LogP contribution is -2.27. The van der Waals surface area contributed by atoms with E-state index in [9.17, 15) is 9.59 Å². The number of rotatable bonds is 6. The number of hydrogen-bond donors (Lipinski definition) is 1. The first-order chi connectivity index (χ1) is 16.9. The van der Waals surface area contributed by atoms with Gasteiger partial charge < -0.3 is 5.32 Å². The van der Waals surface area contributed by atoms with Crippen molar-refractivity contribution in [1.82, 2.24) is 29.5 Å². The van der Waals surface area contributed by atoms with Crippen molar-refractivity contribution in [2.75, 3.05) is 0 Å². The Bertz CT molecular complexity index is 1610. The second-order valence-electron chi connectivity index (χ2n) is 8.07. The second kappa shape index (κ2) is 9.44. The average molecular weight is 505 g/mol. The smallest absolute Gasteiger partial charge is 0.268 e. The van der Waals surface area contributed by atoms with Crippen LogP contribution in [-0.4, -0.2) is 30.1 Å². The Morgan fingerprint density at radius 3 is 2.69 bits per heavy atom. The molecule has 1 aromatic carbocycles. The SMILES string of the molecule is Cc1nc2scc(CC(=O)NCc3ccncc3)n2c(=O)c1-c1cc(C)n(-c2ccccc2Cl)n1. The number of nitrogens with one attached hydrogen (secondary N) is 1. The van der Waals surface area contributed by atoms with Crippen LogP contribution in [0.2, 0.25) is 5.02 Å². The Labute approximate surface area is 209 Å². The molecule has 35 heavy (non-hydrogen) atoms. The van der Waals surface area contributed by atoms with Crippen molar-refractivity contribution in [3.63, 3.8) is 0 Å². The molecule has 0 atom stereocenters. The Morgan fingerprint density at radius 2 is 1.91 bits per heavy atom. The van der Waals surface area contributed by atoms with Crippen LogP contribution in [0.25, 0.3) is 21.9 Å². The number of nitrogens with zero attached hydrogens (tertiary/aromatic N) is 5. The summed E-state index contributed by atoms with van der Waals surface area (Å²) in [5, 5.41) is 9.92. The summed E-state index contributed by atoms with van der Waals surface area (Å²) >= 11 is 7.70. The number of hydrogen-bond acceptors (Lipinski definition) is 6. The average Bonchev–Trinajstić information content (AvgIpc) is 3.42. The Balaban J connectivity index is 1.49. The van der Waals surface area contributed by atoms with Crippen molar-refractivity contribution in [3.05, 3.63) is 98.3 Å². The molecule has 8 nitrogen and oxygen atoms in total. The molecular formula is C25H21ClN6O2S. The molecule has 0 fully saturated rings. The zero-order chi connectivity index (χ0) is 24.5. The molecule has 0 saturated carbocycles. The fourth-order valence-electron chi connectivity index (χ4n) is 3.92. The number of fused-ring (bicyclic) bond motifs is 1. The number of amides is 1. The molecule has 1 amide bonds. The third kappa shape index (κ3) is 4.48. The first-order valence-electron chi connectivity index (χ1n) is 10.9. The van der Waals surface area contributed by atoms with Crippen LogP contribution >= 0.6 is 22.9 Å². The van der Waals surface area contributed by atoms with Crippen molar-refractivity contribution < 1.29 is 4.79 Å². The number of aryl methyl sites for hydroxylation is 2. The molecule has 0 aliphatic rings. The predicted molar refractivity (Wildman–Crippen MR) is 136 cm³/mol. The van der Waals surface area contributed by atoms with Crippen LogP contribution in [0, 0.1) is 13.8 Å². The molecule has 176 valence electrons. The number of aromatic nitrogens is 5. The van der Waals surface area contributed by atoms with Crippen LogP contribution in [-0.2, 0) is 17.8 Å². The molecule has 0 bridgehead atoms. The molecule has 0 unspecified atom stereocenters. The van der Waals surface area contributed by atoms with Crippen LogP contribution in [0.5, 0.6) is 0 Å². The van der Waals surface area contributed by atoms with Crippen molar-refractivity contribution >= 4 is 33.8 Å². The molecule has 0 radical (unpaired) electrons. The molecule has 5 aromatic rings. The van der Waals surface area contributed by atoms with Gasteiger partial charge in [0, 0.05) is 35.7 Å². The van der Waals surface area contributed by atoms with Gasteiger partial charge in [-0.25, -0.2) is 9.67 Å². The van der Waals surface area contributed by atoms with Gasteiger partial charge in [0.1, 0.15) is 5.69 Å². The molecule has 5 rings (SSSR count). The first kappa shape index (κ1) is 22.9. The van der Waals surface area contributed by atoms with E-state index in [0.717, 1.165) is 16.9 Å². The quantitative estimate of drug-likeness (QED) is 0.375. The fourth-order valence-corrected chi connectivity index (χ4v) is 5.06. The van der Waals surface area contributed by atoms with Crippen molar-refractivity contribution in [1.29, 1.82) is 0 Å². The van der Waals surface area contributed by atoms with Crippen molar-refractivity contribution in [2.24, 2.45) is 0 Å². The molecule has 0 saturated heterocycles. The van der Waals surface area contributed by atoms with E-state index in [1.54, 1.807) is 35.4 Å². The van der Waals surface area contributed by atoms with Crippen LogP contribution in [0.4, 0.5) is 0 Å². The van der Waals surface area contributed by atoms with Gasteiger partial charge in [-0.15, -0.1) is 11.3 Å². The molecule has 0 aliphatic heterocycles. The second-order valence-corrected chi connectivity index (χ2v) is 9.31. The van der Waals surface area contributed by atoms with Gasteiger partial charge in [0.05, 0.1) is 28.4 Å². The van der Waals surface area contributed by atoms with Crippen LogP contribution < -0.4 is 10.9 Å². The van der Waals surface area contributed by atoms with Crippen LogP contribution in [0.15, 0.2) is 65.0 Å². The van der Waals surface area contributed by atoms with Gasteiger partial charge in [0.25, 0.3) is 5.56 Å². The third-order valence-corrected chi connectivity index (χ3v) is 6.82. The largest absolute Gasteiger partial charge is 0.352 e. The highest BCUT2D eigenvalue weighted by Crippen LogP contribution is 2.26. The standard InChI is InChI=1S/C25H21ClN6O2S/c1-15-11-20(30-32(15)21-6-4-3-5-19(21)26)23-16(2)29-25-31(24(23)34)18(14-35-25)12-22(33)28-13-17-7-9-27-10-8-17/h3-11,14H,12-13H2,1-2H3,(H,28,33). The van der Waals surface area contributed by atoms with E-state index < -0.39 is 0 Å². The number of thiazole rings is 1. The normalized spacial score (nSPS) is 11.2. The molecule has 4 heterocycles. The van der Waals surface area contributed by atoms with E-state index in [4.69, 9.17) is 11.6 Å². The third-order valence-electron chi connectivity index (χ3n) is 5.63. The number of halogens is 1. The molecule has 0 aliphatic carbocycles. The van der Waals surface area contributed by atoms with E-state index in [2.05, 4.69) is 20.4 Å². The van der Waals surface area contributed by atoms with E-state index in [1.807, 2.05) is 43.3 Å². The highest BCUT2D eigenvalue weighted by molar-refractivity contribution is 7.15. The fraction of sp³-hybridized carbons (Fsp3) is 0.160. The summed E-state index contributed by atoms with van der Waals surface area (Å²) in [5.41, 5.74) is 4.32. The number of para-hydroxylation sites is 1. The summed E-state index contributed by atoms with van der Waals surface area (Å²) in [6.45, 7) is 4.09. The Kier molecular flexibility index (Phi) is 6.19. The maximum Gasteiger partial charge on any atom is 0.268 e. The minimum atomic E-state index is -0.255. The van der Waals surface area contributed by atoms with Gasteiger partial charge in [-0.05, 0) is 49.7 Å². The summed E-state index contributed by atoms with van der Waals surface area (Å²) in [6, 6.07) is 12.9. The lowest BCUT2D eigenvalue weighted by molar-refractivity contribution is -0.120. The molecule has 0 spiro atoms. The molecule has 10 heteroatoms. The van der Waals surface area contributed by atoms with E-state index >= 15 is 0 Å². The summed E-state index contributed by atoms with van der Waals surface area (Å²) in [4.78, 5) is 35.4. The highest BCUT2D eigenvalue weighted by Gasteiger charge is 2.20. The zero-order valence-corrected chi connectivity index (χ0v) is 20.6. The van der Waals surface area contributed by atoms with Gasteiger partial charge in [-0.2, -0.15) is 5.10 Å². The van der Waals surface area contributed by atoms with Gasteiger partial charge >= 0.3 is 0 Å².